The molecule has 0 fully saturated rings. The van der Waals surface area contributed by atoms with Crippen LogP contribution in [0.3, 0.4) is 0 Å². The van der Waals surface area contributed by atoms with Gasteiger partial charge in [0.2, 0.25) is 0 Å². The molecule has 3 aromatic carbocycles. The Hall–Kier alpha value is -2.44. The molecule has 0 aliphatic carbocycles. The first-order valence-electron chi connectivity index (χ1n) is 11.0. The van der Waals surface area contributed by atoms with E-state index in [1.807, 2.05) is 18.2 Å². The summed E-state index contributed by atoms with van der Waals surface area (Å²) < 4.78 is 4.96. The molecule has 0 unspecified atom stereocenters. The summed E-state index contributed by atoms with van der Waals surface area (Å²) in [6, 6.07) is 31.4. The molecule has 0 atom stereocenters. The van der Waals surface area contributed by atoms with Crippen molar-refractivity contribution in [2.75, 3.05) is 13.2 Å². The van der Waals surface area contributed by atoms with E-state index in [9.17, 15) is 0 Å². The monoisotopic (exact) mass is 419 g/mol. The third-order valence-electron chi connectivity index (χ3n) is 5.32. The van der Waals surface area contributed by atoms with Crippen LogP contribution in [0.5, 0.6) is 0 Å². The van der Waals surface area contributed by atoms with Crippen molar-refractivity contribution in [2.24, 2.45) is 5.73 Å². The summed E-state index contributed by atoms with van der Waals surface area (Å²) in [6.07, 6.45) is 3.87. The van der Waals surface area contributed by atoms with Crippen LogP contribution in [0.1, 0.15) is 49.3 Å². The fraction of sp³-hybridized carbons (Fsp3) is 0.308. The third-order valence-corrected chi connectivity index (χ3v) is 5.32. The molecule has 0 saturated heterocycles. The highest BCUT2D eigenvalue weighted by Crippen LogP contribution is 2.42. The van der Waals surface area contributed by atoms with Crippen molar-refractivity contribution in [1.29, 1.82) is 0 Å². The maximum absolute atomic E-state index is 8.97. The molecule has 164 valence electrons. The maximum atomic E-state index is 8.97. The average Bonchev–Trinajstić information content (AvgIpc) is 2.82. The first kappa shape index (κ1) is 24.8. The summed E-state index contributed by atoms with van der Waals surface area (Å²) >= 11 is 0. The molecule has 3 rings (SSSR count). The number of unbranched alkanes of at least 4 members (excludes halogenated alkanes) is 1. The molecule has 0 heterocycles. The molecule has 3 aromatic rings. The number of rotatable bonds is 10. The molecule has 4 N–H and O–H groups in total. The molecule has 0 bridgehead atoms. The lowest BCUT2D eigenvalue weighted by molar-refractivity contribution is 0.179. The van der Waals surface area contributed by atoms with Crippen molar-refractivity contribution >= 4 is 7.32 Å². The van der Waals surface area contributed by atoms with E-state index in [1.54, 1.807) is 0 Å². The number of hydrogen-bond acceptors (Lipinski definition) is 4. The van der Waals surface area contributed by atoms with Gasteiger partial charge in [-0.25, -0.2) is 0 Å². The van der Waals surface area contributed by atoms with Gasteiger partial charge >= 0.3 is 7.32 Å². The predicted octanol–water partition coefficient (Wildman–Crippen LogP) is 4.53. The first-order valence-corrected chi connectivity index (χ1v) is 11.0. The van der Waals surface area contributed by atoms with Gasteiger partial charge in [0.1, 0.15) is 0 Å². The summed E-state index contributed by atoms with van der Waals surface area (Å²) in [7, 11) is -1.73. The minimum absolute atomic E-state index is 0.284. The van der Waals surface area contributed by atoms with Crippen LogP contribution in [0.4, 0.5) is 0 Å². The Labute approximate surface area is 186 Å². The summed E-state index contributed by atoms with van der Waals surface area (Å²) in [5.41, 5.74) is 8.44. The molecule has 0 saturated carbocycles. The second-order valence-corrected chi connectivity index (χ2v) is 7.45. The Morgan fingerprint density at radius 1 is 0.742 bits per heavy atom. The molecular formula is C26H34BNO3. The Morgan fingerprint density at radius 3 is 1.45 bits per heavy atom. The molecule has 0 amide bonds. The Bertz CT molecular complexity index is 730. The molecule has 0 aliphatic rings. The largest absolute Gasteiger partial charge is 0.633 e. The lowest BCUT2D eigenvalue weighted by atomic mass is 9.67. The van der Waals surface area contributed by atoms with Gasteiger partial charge in [0.25, 0.3) is 0 Å². The Kier molecular flexibility index (Phi) is 11.0. The second-order valence-electron chi connectivity index (χ2n) is 7.45. The van der Waals surface area contributed by atoms with Crippen LogP contribution in [-0.4, -0.2) is 30.5 Å². The van der Waals surface area contributed by atoms with Crippen LogP contribution < -0.4 is 5.73 Å². The van der Waals surface area contributed by atoms with Gasteiger partial charge in [0.15, 0.2) is 0 Å². The predicted molar refractivity (Wildman–Crippen MR) is 129 cm³/mol. The van der Waals surface area contributed by atoms with Crippen molar-refractivity contribution in [1.82, 2.24) is 0 Å². The van der Waals surface area contributed by atoms with E-state index in [2.05, 4.69) is 79.7 Å². The van der Waals surface area contributed by atoms with Crippen LogP contribution in [0, 0.1) is 0 Å². The first-order chi connectivity index (χ1) is 15.1. The second kappa shape index (κ2) is 13.8. The Balaban J connectivity index is 0.000000614. The van der Waals surface area contributed by atoms with E-state index >= 15 is 0 Å². The summed E-state index contributed by atoms with van der Waals surface area (Å²) in [5.74, 6) is 0. The molecule has 31 heavy (non-hydrogen) atoms. The van der Waals surface area contributed by atoms with Crippen LogP contribution in [-0.2, 0) is 10.1 Å². The summed E-state index contributed by atoms with van der Waals surface area (Å²) in [6.45, 7) is 3.26. The van der Waals surface area contributed by atoms with Crippen molar-refractivity contribution in [3.05, 3.63) is 108 Å². The van der Waals surface area contributed by atoms with Crippen LogP contribution in [0.15, 0.2) is 91.0 Å². The lowest BCUT2D eigenvalue weighted by Crippen LogP contribution is -2.30. The van der Waals surface area contributed by atoms with E-state index in [0.29, 0.717) is 6.42 Å². The highest BCUT2D eigenvalue weighted by Gasteiger charge is 2.35. The van der Waals surface area contributed by atoms with Gasteiger partial charge in [-0.1, -0.05) is 104 Å². The van der Waals surface area contributed by atoms with Gasteiger partial charge < -0.3 is 20.4 Å². The molecule has 4 nitrogen and oxygen atoms in total. The van der Waals surface area contributed by atoms with Gasteiger partial charge in [0.05, 0.1) is 0 Å². The maximum Gasteiger partial charge on any atom is 0.633 e. The van der Waals surface area contributed by atoms with E-state index in [4.69, 9.17) is 20.4 Å². The van der Waals surface area contributed by atoms with Crippen molar-refractivity contribution in [3.8, 4) is 0 Å². The quantitative estimate of drug-likeness (QED) is 0.256. The van der Waals surface area contributed by atoms with Crippen LogP contribution in [0.25, 0.3) is 0 Å². The van der Waals surface area contributed by atoms with E-state index in [1.165, 1.54) is 29.5 Å². The van der Waals surface area contributed by atoms with Crippen LogP contribution >= 0.6 is 0 Å². The van der Waals surface area contributed by atoms with E-state index in [0.717, 1.165) is 13.0 Å². The van der Waals surface area contributed by atoms with Gasteiger partial charge in [-0.2, -0.15) is 0 Å². The minimum Gasteiger partial charge on any atom is -0.402 e. The average molecular weight is 419 g/mol. The molecule has 0 spiro atoms. The topological polar surface area (TPSA) is 75.7 Å². The lowest BCUT2D eigenvalue weighted by Gasteiger charge is -2.36. The zero-order valence-electron chi connectivity index (χ0n) is 18.4. The Morgan fingerprint density at radius 2 is 1.16 bits per heavy atom. The molecule has 5 heteroatoms. The molecule has 0 radical (unpaired) electrons. The van der Waals surface area contributed by atoms with E-state index < -0.39 is 7.32 Å². The zero-order chi connectivity index (χ0) is 22.4. The molecule has 0 aromatic heterocycles. The summed E-state index contributed by atoms with van der Waals surface area (Å²) in [4.78, 5) is 0. The third kappa shape index (κ3) is 7.33. The highest BCUT2D eigenvalue weighted by atomic mass is 16.6. The van der Waals surface area contributed by atoms with Gasteiger partial charge in [0, 0.05) is 12.0 Å². The number of benzene rings is 3. The normalized spacial score (nSPS) is 10.8. The van der Waals surface area contributed by atoms with Gasteiger partial charge in [-0.15, -0.1) is 0 Å². The van der Waals surface area contributed by atoms with Gasteiger partial charge in [-0.3, -0.25) is 0 Å². The number of nitrogens with two attached hydrogens (primary N) is 1. The highest BCUT2D eigenvalue weighted by molar-refractivity contribution is 6.32. The fourth-order valence-corrected chi connectivity index (χ4v) is 3.83. The minimum atomic E-state index is -1.73. The van der Waals surface area contributed by atoms with E-state index in [-0.39, 0.29) is 12.0 Å². The van der Waals surface area contributed by atoms with Gasteiger partial charge in [-0.05, 0) is 42.5 Å². The fourth-order valence-electron chi connectivity index (χ4n) is 3.83. The number of hydrogen-bond donors (Lipinski definition) is 3. The SMILES string of the molecule is CCCCN.OB(O)OCCCC(c1ccccc1)(c1ccccc1)c1ccccc1. The summed E-state index contributed by atoms with van der Waals surface area (Å²) in [5, 5.41) is 17.9. The van der Waals surface area contributed by atoms with Crippen LogP contribution in [0.2, 0.25) is 0 Å². The standard InChI is InChI=1S/C22H23BO3.C4H11N/c24-23(25)26-18-10-17-22(19-11-4-1-5-12-19,20-13-6-2-7-14-20)21-15-8-3-9-16-21;1-2-3-4-5/h1-9,11-16,24-25H,10,17-18H2;2-5H2,1H3. The smallest absolute Gasteiger partial charge is 0.402 e. The molecular weight excluding hydrogens is 385 g/mol. The van der Waals surface area contributed by atoms with Crippen molar-refractivity contribution in [2.45, 2.75) is 38.0 Å². The zero-order valence-corrected chi connectivity index (χ0v) is 18.4. The molecule has 0 aliphatic heterocycles. The van der Waals surface area contributed by atoms with Crippen molar-refractivity contribution < 1.29 is 14.7 Å². The van der Waals surface area contributed by atoms with Crippen molar-refractivity contribution in [3.63, 3.8) is 0 Å².